The number of methoxy groups -OCH3 is 1. The number of ether oxygens (including phenoxy) is 2. The van der Waals surface area contributed by atoms with Crippen LogP contribution in [0.5, 0.6) is 11.5 Å². The van der Waals surface area contributed by atoms with E-state index < -0.39 is 12.0 Å². The highest BCUT2D eigenvalue weighted by Crippen LogP contribution is 2.40. The van der Waals surface area contributed by atoms with Gasteiger partial charge in [-0.05, 0) is 42.8 Å². The van der Waals surface area contributed by atoms with Crippen molar-refractivity contribution in [2.75, 3.05) is 13.7 Å². The summed E-state index contributed by atoms with van der Waals surface area (Å²) in [7, 11) is 1.57. The molecule has 4 aromatic rings. The van der Waals surface area contributed by atoms with Crippen LogP contribution < -0.4 is 19.6 Å². The van der Waals surface area contributed by atoms with Gasteiger partial charge in [0.05, 0.1) is 29.5 Å². The van der Waals surface area contributed by atoms with Crippen LogP contribution >= 0.6 is 11.3 Å². The average molecular weight is 501 g/mol. The first-order valence-electron chi connectivity index (χ1n) is 11.5. The van der Waals surface area contributed by atoms with Crippen LogP contribution in [-0.2, 0) is 9.53 Å². The van der Waals surface area contributed by atoms with Crippen LogP contribution in [0.15, 0.2) is 81.7 Å². The molecule has 1 N–H and O–H groups in total. The number of thiazole rings is 1. The molecule has 8 heteroatoms. The Morgan fingerprint density at radius 3 is 2.64 bits per heavy atom. The number of fused-ring (bicyclic) bond motifs is 2. The van der Waals surface area contributed by atoms with Crippen LogP contribution in [0.25, 0.3) is 16.8 Å². The van der Waals surface area contributed by atoms with Crippen LogP contribution in [0.2, 0.25) is 0 Å². The highest BCUT2D eigenvalue weighted by Gasteiger charge is 2.36. The maximum atomic E-state index is 13.9. The summed E-state index contributed by atoms with van der Waals surface area (Å²) in [6.07, 6.45) is 1.64. The molecular weight excluding hydrogens is 476 g/mol. The number of carbonyl (C=O) groups excluding carboxylic acids is 1. The number of nitrogens with zero attached hydrogens (tertiary/aromatic N) is 2. The molecule has 1 aliphatic heterocycles. The predicted molar refractivity (Wildman–Crippen MR) is 139 cm³/mol. The highest BCUT2D eigenvalue weighted by atomic mass is 32.1. The number of aromatic nitrogens is 1. The Morgan fingerprint density at radius 1 is 1.14 bits per heavy atom. The number of para-hydroxylation sites is 1. The van der Waals surface area contributed by atoms with E-state index in [9.17, 15) is 14.7 Å². The van der Waals surface area contributed by atoms with E-state index in [4.69, 9.17) is 9.47 Å². The SMILES string of the molecule is CCOC(=O)C1=C(C)N=c2s/c(=C\c3ccccc3O)c(=O)n2[C@H]1c1c(OC)ccc2ccccc12. The van der Waals surface area contributed by atoms with Crippen molar-refractivity contribution in [2.24, 2.45) is 4.99 Å². The quantitative estimate of drug-likeness (QED) is 0.423. The third-order valence-corrected chi connectivity index (χ3v) is 7.15. The second-order valence-corrected chi connectivity index (χ2v) is 9.27. The molecular formula is C28H24N2O5S. The molecule has 0 aliphatic carbocycles. The largest absolute Gasteiger partial charge is 0.507 e. The zero-order valence-corrected chi connectivity index (χ0v) is 20.8. The van der Waals surface area contributed by atoms with E-state index in [-0.39, 0.29) is 23.5 Å². The second kappa shape index (κ2) is 9.47. The molecule has 2 heterocycles. The van der Waals surface area contributed by atoms with E-state index >= 15 is 0 Å². The second-order valence-electron chi connectivity index (χ2n) is 8.26. The van der Waals surface area contributed by atoms with Gasteiger partial charge in [0.2, 0.25) is 0 Å². The number of benzene rings is 3. The number of phenols is 1. The molecule has 1 atom stereocenters. The Kier molecular flexibility index (Phi) is 6.20. The van der Waals surface area contributed by atoms with Crippen LogP contribution in [0.3, 0.4) is 0 Å². The summed E-state index contributed by atoms with van der Waals surface area (Å²) in [5.74, 6) is 0.0817. The van der Waals surface area contributed by atoms with Gasteiger partial charge in [-0.2, -0.15) is 0 Å². The number of phenolic OH excluding ortho intramolecular Hbond substituents is 1. The number of allylic oxidation sites excluding steroid dienone is 1. The monoisotopic (exact) mass is 500 g/mol. The predicted octanol–water partition coefficient (Wildman–Crippen LogP) is 3.67. The summed E-state index contributed by atoms with van der Waals surface area (Å²) in [5.41, 5.74) is 1.64. The van der Waals surface area contributed by atoms with Crippen LogP contribution in [-0.4, -0.2) is 29.4 Å². The summed E-state index contributed by atoms with van der Waals surface area (Å²) in [5, 5.41) is 12.1. The first-order chi connectivity index (χ1) is 17.4. The molecule has 1 aliphatic rings. The molecule has 0 unspecified atom stereocenters. The third-order valence-electron chi connectivity index (χ3n) is 6.16. The van der Waals surface area contributed by atoms with Crippen molar-refractivity contribution in [3.05, 3.63) is 103 Å². The van der Waals surface area contributed by atoms with Gasteiger partial charge < -0.3 is 14.6 Å². The minimum Gasteiger partial charge on any atom is -0.507 e. The minimum atomic E-state index is -0.812. The number of hydrogen-bond donors (Lipinski definition) is 1. The molecule has 0 saturated heterocycles. The van der Waals surface area contributed by atoms with Crippen molar-refractivity contribution in [3.63, 3.8) is 0 Å². The molecule has 1 aromatic heterocycles. The molecule has 36 heavy (non-hydrogen) atoms. The fraction of sp³-hybridized carbons (Fsp3) is 0.179. The lowest BCUT2D eigenvalue weighted by atomic mass is 9.90. The van der Waals surface area contributed by atoms with Gasteiger partial charge in [-0.1, -0.05) is 59.9 Å². The number of carbonyl (C=O) groups is 1. The van der Waals surface area contributed by atoms with E-state index in [0.717, 1.165) is 10.8 Å². The zero-order chi connectivity index (χ0) is 25.4. The molecule has 0 fully saturated rings. The number of esters is 1. The summed E-state index contributed by atoms with van der Waals surface area (Å²) < 4.78 is 13.1. The van der Waals surface area contributed by atoms with Gasteiger partial charge in [-0.15, -0.1) is 0 Å². The molecule has 0 amide bonds. The van der Waals surface area contributed by atoms with Crippen LogP contribution in [0.1, 0.15) is 31.0 Å². The van der Waals surface area contributed by atoms with Gasteiger partial charge in [0.25, 0.3) is 5.56 Å². The summed E-state index contributed by atoms with van der Waals surface area (Å²) in [6, 6.07) is 17.5. The molecule has 3 aromatic carbocycles. The summed E-state index contributed by atoms with van der Waals surface area (Å²) >= 11 is 1.20. The van der Waals surface area contributed by atoms with Crippen LogP contribution in [0, 0.1) is 0 Å². The van der Waals surface area contributed by atoms with E-state index in [1.165, 1.54) is 15.9 Å². The van der Waals surface area contributed by atoms with E-state index in [2.05, 4.69) is 4.99 Å². The maximum Gasteiger partial charge on any atom is 0.338 e. The lowest BCUT2D eigenvalue weighted by Gasteiger charge is -2.27. The zero-order valence-electron chi connectivity index (χ0n) is 20.0. The molecule has 0 radical (unpaired) electrons. The smallest absolute Gasteiger partial charge is 0.338 e. The fourth-order valence-electron chi connectivity index (χ4n) is 4.55. The lowest BCUT2D eigenvalue weighted by molar-refractivity contribution is -0.139. The first kappa shape index (κ1) is 23.6. The van der Waals surface area contributed by atoms with Crippen LogP contribution in [0.4, 0.5) is 0 Å². The Morgan fingerprint density at radius 2 is 1.89 bits per heavy atom. The van der Waals surface area contributed by atoms with E-state index in [0.29, 0.717) is 31.9 Å². The normalized spacial score (nSPS) is 15.5. The average Bonchev–Trinajstić information content (AvgIpc) is 3.18. The summed E-state index contributed by atoms with van der Waals surface area (Å²) in [4.78, 5) is 32.2. The third kappa shape index (κ3) is 3.89. The molecule has 5 rings (SSSR count). The van der Waals surface area contributed by atoms with Gasteiger partial charge in [-0.25, -0.2) is 9.79 Å². The molecule has 0 saturated carbocycles. The first-order valence-corrected chi connectivity index (χ1v) is 12.3. The van der Waals surface area contributed by atoms with E-state index in [1.807, 2.05) is 36.4 Å². The lowest BCUT2D eigenvalue weighted by Crippen LogP contribution is -2.40. The van der Waals surface area contributed by atoms with Crippen molar-refractivity contribution in [2.45, 2.75) is 19.9 Å². The number of rotatable bonds is 5. The van der Waals surface area contributed by atoms with Gasteiger partial charge in [0.1, 0.15) is 17.5 Å². The Balaban J connectivity index is 1.87. The molecule has 182 valence electrons. The number of hydrogen-bond acceptors (Lipinski definition) is 7. The maximum absolute atomic E-state index is 13.9. The molecule has 0 spiro atoms. The van der Waals surface area contributed by atoms with Crippen molar-refractivity contribution in [1.82, 2.24) is 4.57 Å². The Hall–Kier alpha value is -4.17. The van der Waals surface area contributed by atoms with Gasteiger partial charge in [0, 0.05) is 11.1 Å². The standard InChI is InChI=1S/C28H24N2O5S/c1-4-35-27(33)23-16(2)29-28-30(26(32)22(36-28)15-18-10-6-8-12-20(18)31)25(23)24-19-11-7-5-9-17(19)13-14-21(24)34-3/h5-15,25,31H,4H2,1-3H3/b22-15-/t25-/m1/s1. The minimum absolute atomic E-state index is 0.0685. The molecule has 7 nitrogen and oxygen atoms in total. The topological polar surface area (TPSA) is 90.1 Å². The van der Waals surface area contributed by atoms with Gasteiger partial charge in [0.15, 0.2) is 4.80 Å². The van der Waals surface area contributed by atoms with Crippen molar-refractivity contribution >= 4 is 34.2 Å². The molecule has 0 bridgehead atoms. The Bertz CT molecular complexity index is 1710. The summed E-state index contributed by atoms with van der Waals surface area (Å²) in [6.45, 7) is 3.67. The van der Waals surface area contributed by atoms with Crippen molar-refractivity contribution in [1.29, 1.82) is 0 Å². The van der Waals surface area contributed by atoms with Crippen molar-refractivity contribution in [3.8, 4) is 11.5 Å². The van der Waals surface area contributed by atoms with Gasteiger partial charge in [-0.3, -0.25) is 9.36 Å². The van der Waals surface area contributed by atoms with E-state index in [1.54, 1.807) is 51.3 Å². The Labute approximate surface area is 210 Å². The number of aromatic hydroxyl groups is 1. The fourth-order valence-corrected chi connectivity index (χ4v) is 5.59. The highest BCUT2D eigenvalue weighted by molar-refractivity contribution is 7.07. The van der Waals surface area contributed by atoms with Gasteiger partial charge >= 0.3 is 5.97 Å². The van der Waals surface area contributed by atoms with Crippen molar-refractivity contribution < 1.29 is 19.4 Å².